The number of nitrogens with zero attached hydrogens (tertiary/aromatic N) is 1. The lowest BCUT2D eigenvalue weighted by Gasteiger charge is -2.05. The monoisotopic (exact) mass is 387 g/mol. The van der Waals surface area contributed by atoms with Gasteiger partial charge in [-0.05, 0) is 35.9 Å². The average Bonchev–Trinajstić information content (AvgIpc) is 2.96. The fourth-order valence-electron chi connectivity index (χ4n) is 2.82. The summed E-state index contributed by atoms with van der Waals surface area (Å²) in [6, 6.07) is 17.6. The van der Waals surface area contributed by atoms with Gasteiger partial charge >= 0.3 is 10.1 Å². The van der Waals surface area contributed by atoms with Crippen LogP contribution in [0.5, 0.6) is 5.75 Å². The highest BCUT2D eigenvalue weighted by Crippen LogP contribution is 2.36. The number of hydrogen-bond donors (Lipinski definition) is 0. The van der Waals surface area contributed by atoms with Gasteiger partial charge in [0.2, 0.25) is 5.56 Å². The van der Waals surface area contributed by atoms with Gasteiger partial charge in [0.25, 0.3) is 0 Å². The second-order valence-electron chi connectivity index (χ2n) is 5.91. The minimum Gasteiger partial charge on any atom is -0.468 e. The van der Waals surface area contributed by atoms with Crippen molar-refractivity contribution in [1.82, 2.24) is 0 Å². The molecule has 0 bridgehead atoms. The normalized spacial score (nSPS) is 17.9. The lowest BCUT2D eigenvalue weighted by molar-refractivity contribution is 0.325. The van der Waals surface area contributed by atoms with Gasteiger partial charge < -0.3 is 4.74 Å². The molecule has 3 aromatic rings. The fourth-order valence-corrected chi connectivity index (χ4v) is 3.80. The molecule has 0 aliphatic carbocycles. The van der Waals surface area contributed by atoms with Crippen LogP contribution in [-0.4, -0.2) is 19.7 Å². The van der Waals surface area contributed by atoms with Crippen molar-refractivity contribution in [2.24, 2.45) is 5.16 Å². The Morgan fingerprint density at radius 2 is 1.77 bits per heavy atom. The topological polar surface area (TPSA) is 65.0 Å². The maximum atomic E-state index is 12.4. The SMILES string of the molecule is Cc1ccc(S(=O)(=O)O/N=C2/c3c(ccc4ccccc34)OC2Cl)cc1. The van der Waals surface area contributed by atoms with Crippen molar-refractivity contribution in [3.05, 3.63) is 71.8 Å². The van der Waals surface area contributed by atoms with E-state index in [-0.39, 0.29) is 10.6 Å². The Morgan fingerprint density at radius 3 is 2.54 bits per heavy atom. The van der Waals surface area contributed by atoms with E-state index in [1.54, 1.807) is 18.2 Å². The quantitative estimate of drug-likeness (QED) is 0.498. The first-order chi connectivity index (χ1) is 12.5. The fraction of sp³-hybridized carbons (Fsp3) is 0.105. The Balaban J connectivity index is 1.75. The third kappa shape index (κ3) is 2.91. The first-order valence-corrected chi connectivity index (χ1v) is 9.71. The second kappa shape index (κ2) is 6.30. The van der Waals surface area contributed by atoms with E-state index in [1.165, 1.54) is 12.1 Å². The first kappa shape index (κ1) is 16.9. The van der Waals surface area contributed by atoms with Crippen LogP contribution >= 0.6 is 11.6 Å². The van der Waals surface area contributed by atoms with E-state index in [2.05, 4.69) is 5.16 Å². The van der Waals surface area contributed by atoms with Crippen LogP contribution < -0.4 is 4.74 Å². The van der Waals surface area contributed by atoms with Crippen molar-refractivity contribution in [2.75, 3.05) is 0 Å². The Kier molecular flexibility index (Phi) is 4.09. The number of rotatable bonds is 3. The molecule has 1 unspecified atom stereocenters. The van der Waals surface area contributed by atoms with E-state index >= 15 is 0 Å². The Bertz CT molecular complexity index is 1120. The van der Waals surface area contributed by atoms with Gasteiger partial charge in [0.1, 0.15) is 16.4 Å². The summed E-state index contributed by atoms with van der Waals surface area (Å²) in [6.45, 7) is 1.87. The molecule has 1 heterocycles. The standard InChI is InChI=1S/C19H14ClNO4S/c1-12-6-9-14(10-7-12)26(22,23)25-21-18-17-15-5-3-2-4-13(15)8-11-16(17)24-19(18)20/h2-11,19H,1H3/b21-18-. The third-order valence-electron chi connectivity index (χ3n) is 4.14. The molecule has 1 aliphatic heterocycles. The average molecular weight is 388 g/mol. The summed E-state index contributed by atoms with van der Waals surface area (Å²) in [5, 5.41) is 5.67. The van der Waals surface area contributed by atoms with Gasteiger partial charge in [-0.1, -0.05) is 64.8 Å². The van der Waals surface area contributed by atoms with Gasteiger partial charge in [0, 0.05) is 0 Å². The Morgan fingerprint density at radius 1 is 1.04 bits per heavy atom. The van der Waals surface area contributed by atoms with Gasteiger partial charge in [-0.25, -0.2) is 0 Å². The zero-order valence-corrected chi connectivity index (χ0v) is 15.3. The van der Waals surface area contributed by atoms with Crippen LogP contribution in [-0.2, 0) is 14.4 Å². The van der Waals surface area contributed by atoms with E-state index in [1.807, 2.05) is 37.3 Å². The van der Waals surface area contributed by atoms with Gasteiger partial charge in [0.05, 0.1) is 5.56 Å². The molecule has 0 spiro atoms. The van der Waals surface area contributed by atoms with E-state index in [9.17, 15) is 8.42 Å². The number of benzene rings is 3. The van der Waals surface area contributed by atoms with Crippen LogP contribution in [0.4, 0.5) is 0 Å². The largest absolute Gasteiger partial charge is 0.468 e. The number of hydrogen-bond acceptors (Lipinski definition) is 5. The molecule has 0 saturated carbocycles. The molecule has 0 aromatic heterocycles. The zero-order valence-electron chi connectivity index (χ0n) is 13.7. The number of aryl methyl sites for hydroxylation is 1. The predicted molar refractivity (Wildman–Crippen MR) is 100 cm³/mol. The molecule has 0 radical (unpaired) electrons. The number of oxime groups is 1. The lowest BCUT2D eigenvalue weighted by Crippen LogP contribution is -2.15. The first-order valence-electron chi connectivity index (χ1n) is 7.87. The molecule has 1 atom stereocenters. The second-order valence-corrected chi connectivity index (χ2v) is 7.84. The van der Waals surface area contributed by atoms with Crippen LogP contribution in [0.3, 0.4) is 0 Å². The summed E-state index contributed by atoms with van der Waals surface area (Å²) in [7, 11) is -4.05. The van der Waals surface area contributed by atoms with Crippen molar-refractivity contribution in [2.45, 2.75) is 17.4 Å². The molecular formula is C19H14ClNO4S. The number of alkyl halides is 1. The van der Waals surface area contributed by atoms with E-state index in [0.29, 0.717) is 11.3 Å². The summed E-state index contributed by atoms with van der Waals surface area (Å²) in [5.41, 5.74) is 0.890. The minimum atomic E-state index is -4.05. The van der Waals surface area contributed by atoms with Crippen molar-refractivity contribution in [3.8, 4) is 5.75 Å². The summed E-state index contributed by atoms with van der Waals surface area (Å²) >= 11 is 6.21. The molecule has 0 amide bonds. The van der Waals surface area contributed by atoms with Crippen molar-refractivity contribution >= 4 is 38.2 Å². The molecule has 7 heteroatoms. The molecular weight excluding hydrogens is 374 g/mol. The number of ether oxygens (including phenoxy) is 1. The molecule has 1 aliphatic rings. The number of halogens is 1. The Hall–Kier alpha value is -2.57. The van der Waals surface area contributed by atoms with Crippen LogP contribution in [0, 0.1) is 6.92 Å². The maximum absolute atomic E-state index is 12.4. The molecule has 132 valence electrons. The van der Waals surface area contributed by atoms with Crippen LogP contribution in [0.25, 0.3) is 10.8 Å². The minimum absolute atomic E-state index is 0.0237. The summed E-state index contributed by atoms with van der Waals surface area (Å²) in [5.74, 6) is 0.541. The van der Waals surface area contributed by atoms with Gasteiger partial charge in [-0.15, -0.1) is 0 Å². The number of fused-ring (bicyclic) bond motifs is 3. The van der Waals surface area contributed by atoms with Crippen molar-refractivity contribution in [3.63, 3.8) is 0 Å². The highest BCUT2D eigenvalue weighted by atomic mass is 35.5. The maximum Gasteiger partial charge on any atom is 0.358 e. The van der Waals surface area contributed by atoms with Gasteiger partial charge in [-0.2, -0.15) is 8.42 Å². The van der Waals surface area contributed by atoms with Crippen LogP contribution in [0.1, 0.15) is 11.1 Å². The molecule has 0 N–H and O–H groups in total. The van der Waals surface area contributed by atoms with E-state index in [0.717, 1.165) is 16.3 Å². The Labute approximate surface area is 155 Å². The zero-order chi connectivity index (χ0) is 18.3. The van der Waals surface area contributed by atoms with Crippen LogP contribution in [0.15, 0.2) is 70.7 Å². The smallest absolute Gasteiger partial charge is 0.358 e. The summed E-state index contributed by atoms with van der Waals surface area (Å²) < 4.78 is 35.2. The van der Waals surface area contributed by atoms with E-state index < -0.39 is 15.7 Å². The molecule has 5 nitrogen and oxygen atoms in total. The lowest BCUT2D eigenvalue weighted by atomic mass is 10.0. The van der Waals surface area contributed by atoms with Gasteiger partial charge in [-0.3, -0.25) is 4.28 Å². The van der Waals surface area contributed by atoms with E-state index in [4.69, 9.17) is 20.6 Å². The molecule has 26 heavy (non-hydrogen) atoms. The predicted octanol–water partition coefficient (Wildman–Crippen LogP) is 4.22. The van der Waals surface area contributed by atoms with Crippen LogP contribution in [0.2, 0.25) is 0 Å². The highest BCUT2D eigenvalue weighted by molar-refractivity contribution is 7.86. The van der Waals surface area contributed by atoms with Gasteiger partial charge in [0.15, 0.2) is 0 Å². The van der Waals surface area contributed by atoms with Crippen molar-refractivity contribution in [1.29, 1.82) is 0 Å². The highest BCUT2D eigenvalue weighted by Gasteiger charge is 2.32. The molecule has 0 saturated heterocycles. The van der Waals surface area contributed by atoms with Crippen molar-refractivity contribution < 1.29 is 17.4 Å². The molecule has 4 rings (SSSR count). The summed E-state index contributed by atoms with van der Waals surface area (Å²) in [4.78, 5) is 0.0237. The third-order valence-corrected chi connectivity index (χ3v) is 5.55. The molecule has 0 fully saturated rings. The molecule has 3 aromatic carbocycles. The summed E-state index contributed by atoms with van der Waals surface area (Å²) in [6.07, 6.45) is 0.